The molecule has 1 aliphatic rings. The van der Waals surface area contributed by atoms with Gasteiger partial charge in [0.15, 0.2) is 0 Å². The topological polar surface area (TPSA) is 138 Å². The van der Waals surface area contributed by atoms with E-state index in [1.807, 2.05) is 18.2 Å². The summed E-state index contributed by atoms with van der Waals surface area (Å²) in [5.41, 5.74) is 3.97. The number of cyclic esters (lactones) is 1. The number of halogens is 3. The number of rotatable bonds is 12. The Labute approximate surface area is 259 Å². The molecule has 1 saturated heterocycles. The molecule has 0 aliphatic carbocycles. The average Bonchev–Trinajstić information content (AvgIpc) is 3.31. The summed E-state index contributed by atoms with van der Waals surface area (Å²) in [6, 6.07) is 12.7. The van der Waals surface area contributed by atoms with E-state index in [1.165, 1.54) is 46.1 Å². The predicted molar refractivity (Wildman–Crippen MR) is 155 cm³/mol. The molecule has 3 rings (SSSR count). The molecule has 0 radical (unpaired) electrons. The summed E-state index contributed by atoms with van der Waals surface area (Å²) in [5.74, 6) is -1.69. The van der Waals surface area contributed by atoms with Crippen LogP contribution >= 0.6 is 0 Å². The van der Waals surface area contributed by atoms with Crippen LogP contribution in [-0.2, 0) is 43.2 Å². The van der Waals surface area contributed by atoms with Crippen molar-refractivity contribution < 1.29 is 51.3 Å². The third kappa shape index (κ3) is 9.25. The van der Waals surface area contributed by atoms with E-state index >= 15 is 0 Å². The van der Waals surface area contributed by atoms with Gasteiger partial charge in [0.2, 0.25) is 5.91 Å². The fourth-order valence-corrected chi connectivity index (χ4v) is 5.16. The lowest BCUT2D eigenvalue weighted by atomic mass is 9.82. The van der Waals surface area contributed by atoms with Gasteiger partial charge in [-0.05, 0) is 56.0 Å². The molecule has 1 aliphatic heterocycles. The van der Waals surface area contributed by atoms with Crippen LogP contribution in [-0.4, -0.2) is 84.6 Å². The zero-order valence-electron chi connectivity index (χ0n) is 25.8. The summed E-state index contributed by atoms with van der Waals surface area (Å²) in [6.07, 6.45) is -7.76. The predicted octanol–water partition coefficient (Wildman–Crippen LogP) is 4.39. The molecule has 45 heavy (non-hydrogen) atoms. The van der Waals surface area contributed by atoms with Crippen LogP contribution in [0.2, 0.25) is 0 Å². The maximum atomic E-state index is 13.6. The van der Waals surface area contributed by atoms with Gasteiger partial charge in [0.05, 0.1) is 26.7 Å². The first-order chi connectivity index (χ1) is 21.0. The number of esters is 1. The molecule has 2 N–H and O–H groups in total. The summed E-state index contributed by atoms with van der Waals surface area (Å²) in [7, 11) is 2.45. The van der Waals surface area contributed by atoms with Crippen LogP contribution in [0.4, 0.5) is 22.8 Å². The van der Waals surface area contributed by atoms with Gasteiger partial charge in [-0.1, -0.05) is 36.4 Å². The number of hydrogen-bond acceptors (Lipinski definition) is 8. The zero-order chi connectivity index (χ0) is 33.6. The van der Waals surface area contributed by atoms with Crippen molar-refractivity contribution in [2.75, 3.05) is 27.4 Å². The van der Waals surface area contributed by atoms with Crippen LogP contribution < -0.4 is 10.5 Å². The second-order valence-electron chi connectivity index (χ2n) is 11.7. The number of nitrogens with two attached hydrogens (primary N) is 1. The van der Waals surface area contributed by atoms with E-state index in [1.54, 1.807) is 12.1 Å². The van der Waals surface area contributed by atoms with Crippen LogP contribution in [0.3, 0.4) is 0 Å². The maximum Gasteiger partial charge on any atom is 0.411 e. The Morgan fingerprint density at radius 1 is 1.04 bits per heavy atom. The smallest absolute Gasteiger partial charge is 0.411 e. The van der Waals surface area contributed by atoms with Crippen LogP contribution in [0.5, 0.6) is 5.75 Å². The highest BCUT2D eigenvalue weighted by Gasteiger charge is 2.54. The van der Waals surface area contributed by atoms with Crippen molar-refractivity contribution in [1.82, 2.24) is 9.80 Å². The summed E-state index contributed by atoms with van der Waals surface area (Å²) in [4.78, 5) is 54.0. The first-order valence-electron chi connectivity index (χ1n) is 14.0. The fraction of sp³-hybridized carbons (Fsp3) is 0.484. The van der Waals surface area contributed by atoms with Crippen LogP contribution in [0.15, 0.2) is 48.5 Å². The monoisotopic (exact) mass is 637 g/mol. The molecule has 14 heteroatoms. The third-order valence-electron chi connectivity index (χ3n) is 7.14. The molecule has 2 atom stereocenters. The minimum Gasteiger partial charge on any atom is -0.497 e. The second kappa shape index (κ2) is 14.1. The van der Waals surface area contributed by atoms with Gasteiger partial charge in [-0.15, -0.1) is 0 Å². The molecule has 0 saturated carbocycles. The fourth-order valence-electron chi connectivity index (χ4n) is 5.16. The first kappa shape index (κ1) is 35.0. The first-order valence-corrected chi connectivity index (χ1v) is 14.0. The molecule has 0 bridgehead atoms. The van der Waals surface area contributed by atoms with E-state index in [0.29, 0.717) is 4.90 Å². The minimum atomic E-state index is -4.78. The number of alkyl halides is 3. The third-order valence-corrected chi connectivity index (χ3v) is 7.14. The lowest BCUT2D eigenvalue weighted by molar-refractivity contribution is -0.148. The molecule has 3 amide bonds. The Bertz CT molecular complexity index is 1380. The van der Waals surface area contributed by atoms with Gasteiger partial charge in [0.1, 0.15) is 30.0 Å². The number of carbonyl (C=O) groups excluding carboxylic acids is 4. The van der Waals surface area contributed by atoms with Crippen molar-refractivity contribution in [2.24, 2.45) is 5.73 Å². The van der Waals surface area contributed by atoms with E-state index in [-0.39, 0.29) is 29.9 Å². The van der Waals surface area contributed by atoms with Crippen LogP contribution in [0.25, 0.3) is 0 Å². The molecule has 0 unspecified atom stereocenters. The number of carbonyl (C=O) groups is 4. The normalized spacial score (nSPS) is 16.4. The highest BCUT2D eigenvalue weighted by Crippen LogP contribution is 2.35. The Morgan fingerprint density at radius 3 is 2.27 bits per heavy atom. The minimum absolute atomic E-state index is 0.114. The molecular weight excluding hydrogens is 599 g/mol. The quantitative estimate of drug-likeness (QED) is 0.267. The molecule has 246 valence electrons. The van der Waals surface area contributed by atoms with Crippen molar-refractivity contribution in [1.29, 1.82) is 0 Å². The number of nitrogens with zero attached hydrogens (tertiary/aromatic N) is 2. The number of hydrogen-bond donors (Lipinski definition) is 1. The summed E-state index contributed by atoms with van der Waals surface area (Å²) in [5, 5.41) is 0. The molecule has 1 fully saturated rings. The Hall–Kier alpha value is -4.49. The van der Waals surface area contributed by atoms with Crippen LogP contribution in [0, 0.1) is 0 Å². The molecule has 0 spiro atoms. The highest BCUT2D eigenvalue weighted by molar-refractivity contribution is 5.93. The molecule has 2 aromatic carbocycles. The van der Waals surface area contributed by atoms with Crippen molar-refractivity contribution in [3.63, 3.8) is 0 Å². The number of methoxy groups -OCH3 is 2. The van der Waals surface area contributed by atoms with E-state index in [2.05, 4.69) is 0 Å². The van der Waals surface area contributed by atoms with E-state index in [4.69, 9.17) is 24.7 Å². The molecular formula is C31H38F3N3O8. The Balaban J connectivity index is 2.14. The number of benzene rings is 2. The van der Waals surface area contributed by atoms with Gasteiger partial charge in [-0.3, -0.25) is 19.4 Å². The number of primary amides is 1. The molecule has 0 aromatic heterocycles. The lowest BCUT2D eigenvalue weighted by Crippen LogP contribution is -2.63. The zero-order valence-corrected chi connectivity index (χ0v) is 25.8. The van der Waals surface area contributed by atoms with E-state index in [9.17, 15) is 32.3 Å². The van der Waals surface area contributed by atoms with Gasteiger partial charge in [-0.2, -0.15) is 13.2 Å². The lowest BCUT2D eigenvalue weighted by Gasteiger charge is -2.40. The molecule has 11 nitrogen and oxygen atoms in total. The highest BCUT2D eigenvalue weighted by atomic mass is 19.4. The standard InChI is InChI=1S/C31H38F3N3O8/c1-29(2,3)45-27(40)36(19-31(32,33)34)17-22-14-24(42-4)12-11-21(22)15-30(26(35)39,16-25(38)43-5)37-23(18-44-28(37)41)13-20-9-7-6-8-10-20/h6-12,14,23H,13,15-19H2,1-5H3,(H2,35,39)/t23-,30+/m1/s1. The van der Waals surface area contributed by atoms with Gasteiger partial charge >= 0.3 is 24.3 Å². The van der Waals surface area contributed by atoms with E-state index in [0.717, 1.165) is 17.6 Å². The van der Waals surface area contributed by atoms with Crippen molar-refractivity contribution in [3.8, 4) is 5.75 Å². The SMILES string of the molecule is COC(=O)C[C@@](Cc1ccc(OC)cc1CN(CC(F)(F)F)C(=O)OC(C)(C)C)(C(N)=O)N1C(=O)OC[C@H]1Cc1ccccc1. The van der Waals surface area contributed by atoms with Gasteiger partial charge < -0.3 is 24.7 Å². The largest absolute Gasteiger partial charge is 0.497 e. The molecule has 2 aromatic rings. The van der Waals surface area contributed by atoms with Crippen molar-refractivity contribution in [2.45, 2.75) is 69.9 Å². The molecule has 1 heterocycles. The summed E-state index contributed by atoms with van der Waals surface area (Å²) >= 11 is 0. The van der Waals surface area contributed by atoms with E-state index < -0.39 is 73.4 Å². The summed E-state index contributed by atoms with van der Waals surface area (Å²) in [6.45, 7) is 2.18. The van der Waals surface area contributed by atoms with Crippen molar-refractivity contribution in [3.05, 3.63) is 65.2 Å². The second-order valence-corrected chi connectivity index (χ2v) is 11.7. The Morgan fingerprint density at radius 2 is 1.71 bits per heavy atom. The van der Waals surface area contributed by atoms with Gasteiger partial charge in [0, 0.05) is 13.0 Å². The van der Waals surface area contributed by atoms with Crippen molar-refractivity contribution >= 4 is 24.1 Å². The number of ether oxygens (including phenoxy) is 4. The number of amides is 3. The van der Waals surface area contributed by atoms with Crippen LogP contribution in [0.1, 0.15) is 43.9 Å². The van der Waals surface area contributed by atoms with Gasteiger partial charge in [0.25, 0.3) is 0 Å². The summed E-state index contributed by atoms with van der Waals surface area (Å²) < 4.78 is 61.6. The maximum absolute atomic E-state index is 13.6. The van der Waals surface area contributed by atoms with Gasteiger partial charge in [-0.25, -0.2) is 9.59 Å². The average molecular weight is 638 g/mol. The Kier molecular flexibility index (Phi) is 10.9.